The third-order valence-electron chi connectivity index (χ3n) is 3.36. The van der Waals surface area contributed by atoms with E-state index in [9.17, 15) is 18.4 Å². The molecule has 1 aromatic carbocycles. The van der Waals surface area contributed by atoms with Gasteiger partial charge in [-0.25, -0.2) is 13.6 Å². The van der Waals surface area contributed by atoms with Crippen molar-refractivity contribution in [3.63, 3.8) is 0 Å². The van der Waals surface area contributed by atoms with Crippen LogP contribution in [0.25, 0.3) is 0 Å². The first-order valence-corrected chi connectivity index (χ1v) is 7.39. The van der Waals surface area contributed by atoms with Crippen molar-refractivity contribution >= 4 is 12.0 Å². The van der Waals surface area contributed by atoms with E-state index in [2.05, 4.69) is 5.32 Å². The number of carbonyl (C=O) groups excluding carboxylic acids is 2. The molecular weight excluding hydrogens is 306 g/mol. The first-order chi connectivity index (χ1) is 10.7. The molecule has 0 unspecified atom stereocenters. The minimum absolute atomic E-state index is 0.230. The van der Waals surface area contributed by atoms with Crippen molar-refractivity contribution < 1.29 is 23.1 Å². The van der Waals surface area contributed by atoms with Gasteiger partial charge < -0.3 is 15.0 Å². The van der Waals surface area contributed by atoms with Crippen LogP contribution in [-0.4, -0.2) is 41.6 Å². The van der Waals surface area contributed by atoms with Crippen LogP contribution in [0.15, 0.2) is 18.2 Å². The SMILES string of the molecule is CC(C)(C)OC(=O)N[C@H]1CCN(C(=O)c2cc(F)ccc2F)C1. The molecular formula is C16H20F2N2O3. The van der Waals surface area contributed by atoms with Crippen molar-refractivity contribution in [1.82, 2.24) is 10.2 Å². The summed E-state index contributed by atoms with van der Waals surface area (Å²) in [5.41, 5.74) is -0.911. The lowest BCUT2D eigenvalue weighted by atomic mass is 10.2. The van der Waals surface area contributed by atoms with Gasteiger partial charge in [0.25, 0.3) is 5.91 Å². The minimum atomic E-state index is -0.764. The molecule has 0 saturated carbocycles. The van der Waals surface area contributed by atoms with Gasteiger partial charge >= 0.3 is 6.09 Å². The van der Waals surface area contributed by atoms with E-state index in [1.54, 1.807) is 20.8 Å². The molecule has 1 heterocycles. The molecule has 1 saturated heterocycles. The van der Waals surface area contributed by atoms with E-state index in [1.165, 1.54) is 4.90 Å². The van der Waals surface area contributed by atoms with E-state index in [1.807, 2.05) is 0 Å². The van der Waals surface area contributed by atoms with E-state index in [-0.39, 0.29) is 18.2 Å². The van der Waals surface area contributed by atoms with Crippen molar-refractivity contribution in [2.24, 2.45) is 0 Å². The number of benzene rings is 1. The minimum Gasteiger partial charge on any atom is -0.444 e. The zero-order valence-corrected chi connectivity index (χ0v) is 13.4. The summed E-state index contributed by atoms with van der Waals surface area (Å²) in [4.78, 5) is 25.4. The summed E-state index contributed by atoms with van der Waals surface area (Å²) in [6.07, 6.45) is -0.0317. The molecule has 1 fully saturated rings. The van der Waals surface area contributed by atoms with Crippen LogP contribution in [0.3, 0.4) is 0 Å². The Labute approximate surface area is 133 Å². The molecule has 5 nitrogen and oxygen atoms in total. The highest BCUT2D eigenvalue weighted by Crippen LogP contribution is 2.17. The predicted octanol–water partition coefficient (Wildman–Crippen LogP) is 2.70. The number of hydrogen-bond donors (Lipinski definition) is 1. The van der Waals surface area contributed by atoms with Gasteiger partial charge in [-0.05, 0) is 45.4 Å². The number of ether oxygens (including phenoxy) is 1. The Kier molecular flexibility index (Phi) is 4.87. The second-order valence-electron chi connectivity index (χ2n) is 6.51. The molecule has 23 heavy (non-hydrogen) atoms. The number of nitrogens with zero attached hydrogens (tertiary/aromatic N) is 1. The van der Waals surface area contributed by atoms with Crippen molar-refractivity contribution in [3.8, 4) is 0 Å². The van der Waals surface area contributed by atoms with E-state index in [0.29, 0.717) is 13.0 Å². The van der Waals surface area contributed by atoms with Gasteiger partial charge in [0, 0.05) is 13.1 Å². The maximum absolute atomic E-state index is 13.7. The number of likely N-dealkylation sites (tertiary alicyclic amines) is 1. The topological polar surface area (TPSA) is 58.6 Å². The first kappa shape index (κ1) is 17.2. The van der Waals surface area contributed by atoms with Gasteiger partial charge in [0.05, 0.1) is 11.6 Å². The van der Waals surface area contributed by atoms with Crippen LogP contribution in [0.4, 0.5) is 13.6 Å². The molecule has 1 aliphatic heterocycles. The van der Waals surface area contributed by atoms with Crippen LogP contribution >= 0.6 is 0 Å². The predicted molar refractivity (Wildman–Crippen MR) is 80.0 cm³/mol. The molecule has 1 aromatic rings. The van der Waals surface area contributed by atoms with E-state index >= 15 is 0 Å². The third-order valence-corrected chi connectivity index (χ3v) is 3.36. The molecule has 0 radical (unpaired) electrons. The Bertz CT molecular complexity index is 614. The smallest absolute Gasteiger partial charge is 0.407 e. The Balaban J connectivity index is 1.96. The maximum Gasteiger partial charge on any atom is 0.407 e. The van der Waals surface area contributed by atoms with Gasteiger partial charge in [-0.1, -0.05) is 0 Å². The molecule has 1 aliphatic rings. The van der Waals surface area contributed by atoms with Gasteiger partial charge in [0.2, 0.25) is 0 Å². The number of nitrogens with one attached hydrogen (secondary N) is 1. The summed E-state index contributed by atoms with van der Waals surface area (Å²) in [6.45, 7) is 5.85. The molecule has 0 spiro atoms. The quantitative estimate of drug-likeness (QED) is 0.909. The average molecular weight is 326 g/mol. The standard InChI is InChI=1S/C16H20F2N2O3/c1-16(2,3)23-15(22)19-11-6-7-20(9-11)14(21)12-8-10(17)4-5-13(12)18/h4-5,8,11H,6-7,9H2,1-3H3,(H,19,22)/t11-/m0/s1. The van der Waals surface area contributed by atoms with Gasteiger partial charge in [0.15, 0.2) is 0 Å². The summed E-state index contributed by atoms with van der Waals surface area (Å²) in [5, 5.41) is 2.67. The summed E-state index contributed by atoms with van der Waals surface area (Å²) in [7, 11) is 0. The lowest BCUT2D eigenvalue weighted by Gasteiger charge is -2.22. The van der Waals surface area contributed by atoms with Crippen LogP contribution in [0.1, 0.15) is 37.6 Å². The van der Waals surface area contributed by atoms with Gasteiger partial charge in [-0.2, -0.15) is 0 Å². The Morgan fingerprint density at radius 2 is 2.00 bits per heavy atom. The zero-order valence-electron chi connectivity index (χ0n) is 13.4. The fourth-order valence-corrected chi connectivity index (χ4v) is 2.37. The number of rotatable bonds is 2. The highest BCUT2D eigenvalue weighted by atomic mass is 19.1. The monoisotopic (exact) mass is 326 g/mol. The fraction of sp³-hybridized carbons (Fsp3) is 0.500. The molecule has 126 valence electrons. The van der Waals surface area contributed by atoms with Crippen LogP contribution in [0.2, 0.25) is 0 Å². The summed E-state index contributed by atoms with van der Waals surface area (Å²) >= 11 is 0. The largest absolute Gasteiger partial charge is 0.444 e. The maximum atomic E-state index is 13.7. The molecule has 1 atom stereocenters. The number of amides is 2. The highest BCUT2D eigenvalue weighted by molar-refractivity contribution is 5.94. The molecule has 7 heteroatoms. The summed E-state index contributed by atoms with van der Waals surface area (Å²) in [5.74, 6) is -2.02. The van der Waals surface area contributed by atoms with Crippen molar-refractivity contribution in [1.29, 1.82) is 0 Å². The van der Waals surface area contributed by atoms with E-state index in [4.69, 9.17) is 4.74 Å². The summed E-state index contributed by atoms with van der Waals surface area (Å²) in [6, 6.07) is 2.50. The number of alkyl carbamates (subject to hydrolysis) is 1. The van der Waals surface area contributed by atoms with Gasteiger partial charge in [-0.15, -0.1) is 0 Å². The second kappa shape index (κ2) is 6.52. The van der Waals surface area contributed by atoms with Crippen molar-refractivity contribution in [2.45, 2.75) is 38.8 Å². The normalized spacial score (nSPS) is 18.0. The van der Waals surface area contributed by atoms with Gasteiger partial charge in [-0.3, -0.25) is 4.79 Å². The molecule has 2 rings (SSSR count). The van der Waals surface area contributed by atoms with Crippen LogP contribution in [0.5, 0.6) is 0 Å². The van der Waals surface area contributed by atoms with Crippen molar-refractivity contribution in [2.75, 3.05) is 13.1 Å². The Morgan fingerprint density at radius 1 is 1.30 bits per heavy atom. The molecule has 2 amide bonds. The second-order valence-corrected chi connectivity index (χ2v) is 6.51. The number of halogens is 2. The van der Waals surface area contributed by atoms with E-state index < -0.39 is 29.2 Å². The third kappa shape index (κ3) is 4.64. The van der Waals surface area contributed by atoms with Gasteiger partial charge in [0.1, 0.15) is 17.2 Å². The molecule has 0 aliphatic carbocycles. The highest BCUT2D eigenvalue weighted by Gasteiger charge is 2.30. The lowest BCUT2D eigenvalue weighted by molar-refractivity contribution is 0.0502. The molecule has 1 N–H and O–H groups in total. The van der Waals surface area contributed by atoms with Crippen LogP contribution in [-0.2, 0) is 4.74 Å². The first-order valence-electron chi connectivity index (χ1n) is 7.39. The zero-order chi connectivity index (χ0) is 17.2. The van der Waals surface area contributed by atoms with E-state index in [0.717, 1.165) is 18.2 Å². The fourth-order valence-electron chi connectivity index (χ4n) is 2.37. The van der Waals surface area contributed by atoms with Crippen LogP contribution < -0.4 is 5.32 Å². The lowest BCUT2D eigenvalue weighted by Crippen LogP contribution is -2.41. The van der Waals surface area contributed by atoms with Crippen LogP contribution in [0, 0.1) is 11.6 Å². The molecule has 0 bridgehead atoms. The van der Waals surface area contributed by atoms with Crippen molar-refractivity contribution in [3.05, 3.63) is 35.4 Å². The summed E-state index contributed by atoms with van der Waals surface area (Å²) < 4.78 is 32.0. The Hall–Kier alpha value is -2.18. The Morgan fingerprint density at radius 3 is 2.65 bits per heavy atom. The average Bonchev–Trinajstić information content (AvgIpc) is 2.87. The molecule has 0 aromatic heterocycles. The number of hydrogen-bond acceptors (Lipinski definition) is 3. The number of carbonyl (C=O) groups is 2.